The Morgan fingerprint density at radius 1 is 1.10 bits per heavy atom. The summed E-state index contributed by atoms with van der Waals surface area (Å²) in [6, 6.07) is 8.15. The Balaban J connectivity index is 1.36. The molecule has 4 aliphatic carbocycles. The van der Waals surface area contributed by atoms with Gasteiger partial charge in [-0.1, -0.05) is 12.1 Å². The fourth-order valence-electron chi connectivity index (χ4n) is 6.68. The van der Waals surface area contributed by atoms with E-state index < -0.39 is 17.5 Å². The minimum absolute atomic E-state index is 0.0594. The molecular formula is C23H25N3O3. The fraction of sp³-hybridized carbons (Fsp3) is 0.565. The van der Waals surface area contributed by atoms with Crippen molar-refractivity contribution >= 4 is 17.7 Å². The van der Waals surface area contributed by atoms with Crippen LogP contribution in [-0.4, -0.2) is 29.2 Å². The maximum Gasteiger partial charge on any atom is 0.325 e. The van der Waals surface area contributed by atoms with E-state index in [1.807, 2.05) is 6.07 Å². The molecule has 0 radical (unpaired) electrons. The van der Waals surface area contributed by atoms with Gasteiger partial charge in [0.15, 0.2) is 5.78 Å². The van der Waals surface area contributed by atoms with Gasteiger partial charge in [0, 0.05) is 5.41 Å². The van der Waals surface area contributed by atoms with Crippen molar-refractivity contribution in [3.8, 4) is 6.07 Å². The highest BCUT2D eigenvalue weighted by atomic mass is 16.2. The second kappa shape index (κ2) is 6.16. The molecule has 150 valence electrons. The molecular weight excluding hydrogens is 366 g/mol. The summed E-state index contributed by atoms with van der Waals surface area (Å²) in [6.45, 7) is 1.52. The Labute approximate surface area is 170 Å². The van der Waals surface area contributed by atoms with E-state index in [0.29, 0.717) is 28.9 Å². The number of hydrogen-bond acceptors (Lipinski definition) is 4. The lowest BCUT2D eigenvalue weighted by atomic mass is 9.48. The molecule has 1 aromatic rings. The number of carbonyl (C=O) groups is 3. The zero-order valence-electron chi connectivity index (χ0n) is 16.6. The molecule has 3 amide bonds. The van der Waals surface area contributed by atoms with Crippen molar-refractivity contribution < 1.29 is 14.4 Å². The zero-order chi connectivity index (χ0) is 20.4. The summed E-state index contributed by atoms with van der Waals surface area (Å²) in [4.78, 5) is 40.3. The van der Waals surface area contributed by atoms with Crippen molar-refractivity contribution in [1.82, 2.24) is 10.2 Å². The van der Waals surface area contributed by atoms with E-state index in [1.165, 1.54) is 19.3 Å². The Morgan fingerprint density at radius 2 is 1.66 bits per heavy atom. The first-order valence-electron chi connectivity index (χ1n) is 10.5. The molecule has 1 N–H and O–H groups in total. The van der Waals surface area contributed by atoms with Gasteiger partial charge in [0.25, 0.3) is 5.91 Å². The number of benzene rings is 1. The van der Waals surface area contributed by atoms with Crippen LogP contribution in [0.2, 0.25) is 0 Å². The third kappa shape index (κ3) is 2.71. The van der Waals surface area contributed by atoms with Gasteiger partial charge >= 0.3 is 6.03 Å². The van der Waals surface area contributed by atoms with Crippen molar-refractivity contribution in [2.75, 3.05) is 6.54 Å². The lowest BCUT2D eigenvalue weighted by molar-refractivity contribution is -0.147. The summed E-state index contributed by atoms with van der Waals surface area (Å²) < 4.78 is 0. The molecule has 1 aromatic carbocycles. The highest BCUT2D eigenvalue weighted by Crippen LogP contribution is 2.60. The van der Waals surface area contributed by atoms with Crippen LogP contribution in [0.1, 0.15) is 56.6 Å². The van der Waals surface area contributed by atoms with Crippen LogP contribution in [0.3, 0.4) is 0 Å². The van der Waals surface area contributed by atoms with E-state index in [-0.39, 0.29) is 17.7 Å². The molecule has 0 unspecified atom stereocenters. The lowest BCUT2D eigenvalue weighted by Crippen LogP contribution is -2.53. The van der Waals surface area contributed by atoms with Crippen molar-refractivity contribution in [2.24, 2.45) is 23.2 Å². The second-order valence-corrected chi connectivity index (χ2v) is 9.76. The summed E-state index contributed by atoms with van der Waals surface area (Å²) in [5.41, 5.74) is -0.446. The molecule has 5 aliphatic rings. The van der Waals surface area contributed by atoms with Crippen LogP contribution in [0.25, 0.3) is 0 Å². The predicted molar refractivity (Wildman–Crippen MR) is 104 cm³/mol. The van der Waals surface area contributed by atoms with Gasteiger partial charge in [0.2, 0.25) is 0 Å². The Hall–Kier alpha value is -2.68. The molecule has 6 heteroatoms. The zero-order valence-corrected chi connectivity index (χ0v) is 16.6. The molecule has 0 aromatic heterocycles. The predicted octanol–water partition coefficient (Wildman–Crippen LogP) is 3.11. The molecule has 1 atom stereocenters. The van der Waals surface area contributed by atoms with Crippen LogP contribution in [0.4, 0.5) is 4.79 Å². The van der Waals surface area contributed by atoms with Gasteiger partial charge in [-0.2, -0.15) is 5.26 Å². The Kier molecular flexibility index (Phi) is 3.90. The summed E-state index contributed by atoms with van der Waals surface area (Å²) in [5, 5.41) is 11.7. The number of urea groups is 1. The summed E-state index contributed by atoms with van der Waals surface area (Å²) in [5.74, 6) is 1.57. The van der Waals surface area contributed by atoms with Gasteiger partial charge in [-0.15, -0.1) is 0 Å². The molecule has 0 spiro atoms. The topological polar surface area (TPSA) is 90.3 Å². The molecule has 4 saturated carbocycles. The summed E-state index contributed by atoms with van der Waals surface area (Å²) >= 11 is 0. The third-order valence-corrected chi connectivity index (χ3v) is 7.80. The Morgan fingerprint density at radius 3 is 2.17 bits per heavy atom. The van der Waals surface area contributed by atoms with Gasteiger partial charge < -0.3 is 5.32 Å². The van der Waals surface area contributed by atoms with E-state index in [9.17, 15) is 14.4 Å². The van der Waals surface area contributed by atoms with Crippen LogP contribution in [0, 0.1) is 34.5 Å². The Bertz CT molecular complexity index is 910. The number of carbonyl (C=O) groups excluding carboxylic acids is 3. The molecule has 6 nitrogen and oxygen atoms in total. The molecule has 4 bridgehead atoms. The summed E-state index contributed by atoms with van der Waals surface area (Å²) in [7, 11) is 0. The highest BCUT2D eigenvalue weighted by Gasteiger charge is 2.56. The largest absolute Gasteiger partial charge is 0.325 e. The first-order chi connectivity index (χ1) is 13.8. The number of ketones is 1. The minimum Gasteiger partial charge on any atom is -0.319 e. The smallest absolute Gasteiger partial charge is 0.319 e. The van der Waals surface area contributed by atoms with Gasteiger partial charge in [0.05, 0.1) is 18.2 Å². The van der Waals surface area contributed by atoms with Crippen molar-refractivity contribution in [2.45, 2.75) is 51.0 Å². The summed E-state index contributed by atoms with van der Waals surface area (Å²) in [6.07, 6.45) is 6.50. The monoisotopic (exact) mass is 391 g/mol. The SMILES string of the molecule is C[C@]1(c2ccc(C#N)cc2)NC(=O)N(CC(=O)C23CC4CC(CC(C4)C2)C3)C1=O. The number of nitrogens with zero attached hydrogens (tertiary/aromatic N) is 2. The van der Waals surface area contributed by atoms with E-state index in [0.717, 1.165) is 24.2 Å². The van der Waals surface area contributed by atoms with E-state index in [2.05, 4.69) is 5.32 Å². The molecule has 1 aliphatic heterocycles. The van der Waals surface area contributed by atoms with Crippen LogP contribution in [0.5, 0.6) is 0 Å². The number of nitriles is 1. The van der Waals surface area contributed by atoms with Gasteiger partial charge in [0.1, 0.15) is 5.54 Å². The van der Waals surface area contributed by atoms with Crippen molar-refractivity contribution in [3.05, 3.63) is 35.4 Å². The molecule has 1 saturated heterocycles. The fourth-order valence-corrected chi connectivity index (χ4v) is 6.68. The third-order valence-electron chi connectivity index (χ3n) is 7.80. The second-order valence-electron chi connectivity index (χ2n) is 9.76. The number of amides is 3. The van der Waals surface area contributed by atoms with E-state index >= 15 is 0 Å². The first kappa shape index (κ1) is 18.4. The number of Topliss-reactive ketones (excluding diaryl/α,β-unsaturated/α-hetero) is 1. The minimum atomic E-state index is -1.22. The van der Waals surface area contributed by atoms with Gasteiger partial charge in [-0.05, 0) is 80.9 Å². The highest BCUT2D eigenvalue weighted by molar-refractivity contribution is 6.09. The quantitative estimate of drug-likeness (QED) is 0.799. The number of imide groups is 1. The molecule has 1 heterocycles. The average molecular weight is 391 g/mol. The standard InChI is InChI=1S/C23H25N3O3/c1-22(18-4-2-14(12-24)3-5-18)20(28)26(21(29)25-22)13-19(27)23-9-15-6-16(10-23)8-17(7-15)11-23/h2-5,15-17H,6-11,13H2,1H3,(H,25,29)/t15?,16?,17?,22-,23?/m1/s1. The average Bonchev–Trinajstić information content (AvgIpc) is 2.91. The number of rotatable bonds is 4. The molecule has 29 heavy (non-hydrogen) atoms. The van der Waals surface area contributed by atoms with Crippen molar-refractivity contribution in [3.63, 3.8) is 0 Å². The van der Waals surface area contributed by atoms with Gasteiger partial charge in [-0.3, -0.25) is 14.5 Å². The number of hydrogen-bond donors (Lipinski definition) is 1. The molecule has 5 fully saturated rings. The maximum atomic E-state index is 13.4. The van der Waals surface area contributed by atoms with Crippen molar-refractivity contribution in [1.29, 1.82) is 5.26 Å². The van der Waals surface area contributed by atoms with Crippen LogP contribution in [-0.2, 0) is 15.1 Å². The number of nitrogens with one attached hydrogen (secondary N) is 1. The van der Waals surface area contributed by atoms with Gasteiger partial charge in [-0.25, -0.2) is 4.79 Å². The van der Waals surface area contributed by atoms with Crippen LogP contribution < -0.4 is 5.32 Å². The normalized spacial score (nSPS) is 37.5. The first-order valence-corrected chi connectivity index (χ1v) is 10.5. The van der Waals surface area contributed by atoms with E-state index in [4.69, 9.17) is 5.26 Å². The maximum absolute atomic E-state index is 13.4. The van der Waals surface area contributed by atoms with Crippen LogP contribution in [0.15, 0.2) is 24.3 Å². The lowest BCUT2D eigenvalue weighted by Gasteiger charge is -2.56. The molecule has 6 rings (SSSR count). The van der Waals surface area contributed by atoms with E-state index in [1.54, 1.807) is 31.2 Å². The van der Waals surface area contributed by atoms with Crippen LogP contribution >= 0.6 is 0 Å².